The second-order valence-corrected chi connectivity index (χ2v) is 8.04. The van der Waals surface area contributed by atoms with Gasteiger partial charge in [-0.05, 0) is 52.4 Å². The number of piperidine rings is 1. The lowest BCUT2D eigenvalue weighted by molar-refractivity contribution is 0.0204. The predicted octanol–water partition coefficient (Wildman–Crippen LogP) is 3.50. The third-order valence-electron chi connectivity index (χ3n) is 4.91. The first-order valence-corrected chi connectivity index (χ1v) is 9.25. The molecule has 2 fully saturated rings. The number of aromatic hydroxyl groups is 1. The van der Waals surface area contributed by atoms with Gasteiger partial charge < -0.3 is 19.6 Å². The van der Waals surface area contributed by atoms with E-state index in [4.69, 9.17) is 4.74 Å². The van der Waals surface area contributed by atoms with Gasteiger partial charge in [0.25, 0.3) is 0 Å². The number of hydrogen-bond acceptors (Lipinski definition) is 5. The second kappa shape index (κ2) is 7.10. The Bertz CT molecular complexity index is 613. The van der Waals surface area contributed by atoms with Crippen molar-refractivity contribution >= 4 is 11.9 Å². The van der Waals surface area contributed by atoms with Crippen LogP contribution in [0.1, 0.15) is 57.9 Å². The molecule has 0 radical (unpaired) electrons. The van der Waals surface area contributed by atoms with Crippen LogP contribution < -0.4 is 4.90 Å². The molecular weight excluding hydrogens is 318 g/mol. The molecular formula is C19H29N3O3. The van der Waals surface area contributed by atoms with E-state index in [2.05, 4.69) is 9.88 Å². The monoisotopic (exact) mass is 347 g/mol. The van der Waals surface area contributed by atoms with Crippen LogP contribution in [0.5, 0.6) is 5.75 Å². The summed E-state index contributed by atoms with van der Waals surface area (Å²) in [5, 5.41) is 10.5. The molecule has 0 atom stereocenters. The molecule has 1 aromatic heterocycles. The van der Waals surface area contributed by atoms with Crippen LogP contribution >= 0.6 is 0 Å². The minimum absolute atomic E-state index is 0.235. The van der Waals surface area contributed by atoms with Gasteiger partial charge in [0.15, 0.2) is 0 Å². The van der Waals surface area contributed by atoms with Crippen molar-refractivity contribution < 1.29 is 14.6 Å². The van der Waals surface area contributed by atoms with Crippen LogP contribution in [0.3, 0.4) is 0 Å². The van der Waals surface area contributed by atoms with Gasteiger partial charge in [-0.1, -0.05) is 0 Å². The molecule has 6 nitrogen and oxygen atoms in total. The Balaban J connectivity index is 1.60. The van der Waals surface area contributed by atoms with E-state index in [0.29, 0.717) is 18.8 Å². The van der Waals surface area contributed by atoms with E-state index < -0.39 is 5.60 Å². The maximum atomic E-state index is 12.2. The zero-order valence-corrected chi connectivity index (χ0v) is 15.5. The Morgan fingerprint density at radius 3 is 2.40 bits per heavy atom. The number of amides is 1. The Morgan fingerprint density at radius 1 is 1.20 bits per heavy atom. The highest BCUT2D eigenvalue weighted by molar-refractivity contribution is 5.68. The lowest BCUT2D eigenvalue weighted by Gasteiger charge is -2.33. The normalized spacial score (nSPS) is 19.3. The van der Waals surface area contributed by atoms with Crippen molar-refractivity contribution in [3.63, 3.8) is 0 Å². The number of ether oxygens (including phenoxy) is 1. The number of hydrogen-bond donors (Lipinski definition) is 1. The summed E-state index contributed by atoms with van der Waals surface area (Å²) in [6.07, 6.45) is 5.57. The van der Waals surface area contributed by atoms with Crippen LogP contribution in [0.25, 0.3) is 0 Å². The van der Waals surface area contributed by atoms with Crippen molar-refractivity contribution in [2.24, 2.45) is 0 Å². The molecule has 25 heavy (non-hydrogen) atoms. The van der Waals surface area contributed by atoms with Gasteiger partial charge in [-0.25, -0.2) is 9.78 Å². The molecule has 138 valence electrons. The third kappa shape index (κ3) is 4.35. The third-order valence-corrected chi connectivity index (χ3v) is 4.91. The maximum Gasteiger partial charge on any atom is 0.410 e. The standard InChI is InChI=1S/C19H29N3O3/c1-19(2,3)25-18(24)22-10-6-14(7-11-22)15-13-20-17(12-16(15)23)21-8-4-5-9-21/h12-14H,4-11H2,1-3H3,(H,20,23). The minimum Gasteiger partial charge on any atom is -0.507 e. The summed E-state index contributed by atoms with van der Waals surface area (Å²) >= 11 is 0. The van der Waals surface area contributed by atoms with Gasteiger partial charge in [0.2, 0.25) is 0 Å². The van der Waals surface area contributed by atoms with Gasteiger partial charge in [0.1, 0.15) is 17.2 Å². The summed E-state index contributed by atoms with van der Waals surface area (Å²) in [6, 6.07) is 1.79. The van der Waals surface area contributed by atoms with E-state index in [1.165, 1.54) is 12.8 Å². The van der Waals surface area contributed by atoms with Crippen molar-refractivity contribution in [3.05, 3.63) is 17.8 Å². The molecule has 0 bridgehead atoms. The molecule has 2 aliphatic rings. The molecule has 0 saturated carbocycles. The van der Waals surface area contributed by atoms with Crippen LogP contribution in [0, 0.1) is 0 Å². The number of rotatable bonds is 2. The Morgan fingerprint density at radius 2 is 1.84 bits per heavy atom. The van der Waals surface area contributed by atoms with E-state index >= 15 is 0 Å². The highest BCUT2D eigenvalue weighted by Crippen LogP contribution is 2.35. The fourth-order valence-corrected chi connectivity index (χ4v) is 3.58. The van der Waals surface area contributed by atoms with Gasteiger partial charge in [-0.15, -0.1) is 0 Å². The molecule has 2 aliphatic heterocycles. The average Bonchev–Trinajstić information content (AvgIpc) is 3.08. The number of likely N-dealkylation sites (tertiary alicyclic amines) is 1. The van der Waals surface area contributed by atoms with Gasteiger partial charge >= 0.3 is 6.09 Å². The summed E-state index contributed by atoms with van der Waals surface area (Å²) in [5.74, 6) is 1.43. The van der Waals surface area contributed by atoms with E-state index in [9.17, 15) is 9.90 Å². The number of aromatic nitrogens is 1. The van der Waals surface area contributed by atoms with Crippen LogP contribution in [0.15, 0.2) is 12.3 Å². The molecule has 1 N–H and O–H groups in total. The highest BCUT2D eigenvalue weighted by atomic mass is 16.6. The molecule has 2 saturated heterocycles. The van der Waals surface area contributed by atoms with Gasteiger partial charge in [0, 0.05) is 44.0 Å². The lowest BCUT2D eigenvalue weighted by Crippen LogP contribution is -2.41. The second-order valence-electron chi connectivity index (χ2n) is 8.04. The fourth-order valence-electron chi connectivity index (χ4n) is 3.58. The Hall–Kier alpha value is -1.98. The van der Waals surface area contributed by atoms with Crippen molar-refractivity contribution in [3.8, 4) is 5.75 Å². The summed E-state index contributed by atoms with van der Waals surface area (Å²) in [7, 11) is 0. The number of carbonyl (C=O) groups is 1. The Labute approximate surface area is 149 Å². The van der Waals surface area contributed by atoms with Crippen molar-refractivity contribution in [2.45, 2.75) is 58.0 Å². The fraction of sp³-hybridized carbons (Fsp3) is 0.684. The van der Waals surface area contributed by atoms with Gasteiger partial charge in [0.05, 0.1) is 0 Å². The SMILES string of the molecule is CC(C)(C)OC(=O)N1CCC(c2cnc(N3CCCC3)cc2O)CC1. The zero-order valence-electron chi connectivity index (χ0n) is 15.5. The molecule has 3 heterocycles. The van der Waals surface area contributed by atoms with Crippen LogP contribution in [0.4, 0.5) is 10.6 Å². The number of anilines is 1. The quantitative estimate of drug-likeness (QED) is 0.887. The van der Waals surface area contributed by atoms with Crippen LogP contribution in [0.2, 0.25) is 0 Å². The van der Waals surface area contributed by atoms with Crippen molar-refractivity contribution in [1.82, 2.24) is 9.88 Å². The molecule has 1 amide bonds. The topological polar surface area (TPSA) is 65.9 Å². The van der Waals surface area contributed by atoms with E-state index in [1.54, 1.807) is 11.0 Å². The largest absolute Gasteiger partial charge is 0.507 e. The maximum absolute atomic E-state index is 12.2. The molecule has 0 aromatic carbocycles. The summed E-state index contributed by atoms with van der Waals surface area (Å²) in [4.78, 5) is 20.7. The number of pyridine rings is 1. The first kappa shape index (κ1) is 17.8. The Kier molecular flexibility index (Phi) is 5.06. The number of nitrogens with zero attached hydrogens (tertiary/aromatic N) is 3. The lowest BCUT2D eigenvalue weighted by atomic mass is 9.90. The highest BCUT2D eigenvalue weighted by Gasteiger charge is 2.29. The summed E-state index contributed by atoms with van der Waals surface area (Å²) < 4.78 is 5.43. The van der Waals surface area contributed by atoms with Gasteiger partial charge in [-0.2, -0.15) is 0 Å². The minimum atomic E-state index is -0.471. The summed E-state index contributed by atoms with van der Waals surface area (Å²) in [5.41, 5.74) is 0.424. The van der Waals surface area contributed by atoms with Crippen LogP contribution in [-0.4, -0.2) is 52.9 Å². The first-order valence-electron chi connectivity index (χ1n) is 9.25. The van der Waals surface area contributed by atoms with Crippen LogP contribution in [-0.2, 0) is 4.74 Å². The van der Waals surface area contributed by atoms with Crippen molar-refractivity contribution in [1.29, 1.82) is 0 Å². The van der Waals surface area contributed by atoms with E-state index in [1.807, 2.05) is 27.0 Å². The van der Waals surface area contributed by atoms with E-state index in [0.717, 1.165) is 37.3 Å². The molecule has 1 aromatic rings. The molecule has 3 rings (SSSR count). The summed E-state index contributed by atoms with van der Waals surface area (Å²) in [6.45, 7) is 8.95. The van der Waals surface area contributed by atoms with Crippen molar-refractivity contribution in [2.75, 3.05) is 31.1 Å². The van der Waals surface area contributed by atoms with E-state index in [-0.39, 0.29) is 12.0 Å². The molecule has 0 spiro atoms. The number of carbonyl (C=O) groups excluding carboxylic acids is 1. The molecule has 6 heteroatoms. The molecule has 0 aliphatic carbocycles. The smallest absolute Gasteiger partial charge is 0.410 e. The zero-order chi connectivity index (χ0) is 18.0. The first-order chi connectivity index (χ1) is 11.8. The average molecular weight is 347 g/mol. The predicted molar refractivity (Wildman–Crippen MR) is 97.1 cm³/mol. The molecule has 0 unspecified atom stereocenters. The van der Waals surface area contributed by atoms with Gasteiger partial charge in [-0.3, -0.25) is 0 Å².